The number of aromatic nitrogens is 4. The zero-order chi connectivity index (χ0) is 24.2. The van der Waals surface area contributed by atoms with Gasteiger partial charge in [0, 0.05) is 18.5 Å². The van der Waals surface area contributed by atoms with Gasteiger partial charge >= 0.3 is 0 Å². The molecule has 1 aromatic carbocycles. The summed E-state index contributed by atoms with van der Waals surface area (Å²) in [4.78, 5) is 29.6. The van der Waals surface area contributed by atoms with E-state index in [2.05, 4.69) is 25.3 Å². The molecule has 0 saturated heterocycles. The van der Waals surface area contributed by atoms with Gasteiger partial charge in [0.15, 0.2) is 5.82 Å². The number of aliphatic imine (C=N–C) groups is 1. The van der Waals surface area contributed by atoms with Crippen molar-refractivity contribution < 1.29 is 9.18 Å². The number of hydrogen-bond donors (Lipinski definition) is 2. The molecule has 5 rings (SSSR count). The normalized spacial score (nSPS) is 18.2. The van der Waals surface area contributed by atoms with Crippen molar-refractivity contribution in [2.24, 2.45) is 16.6 Å². The molecule has 0 atom stereocenters. The highest BCUT2D eigenvalue weighted by Crippen LogP contribution is 2.26. The van der Waals surface area contributed by atoms with Crippen LogP contribution in [0.4, 0.5) is 16.0 Å². The first-order valence-electron chi connectivity index (χ1n) is 11.7. The number of amides is 1. The molecule has 3 aromatic heterocycles. The highest BCUT2D eigenvalue weighted by molar-refractivity contribution is 5.92. The minimum absolute atomic E-state index is 0.0954. The van der Waals surface area contributed by atoms with Crippen LogP contribution in [0.25, 0.3) is 17.0 Å². The van der Waals surface area contributed by atoms with Gasteiger partial charge in [0.05, 0.1) is 30.2 Å². The molecule has 0 spiro atoms. The summed E-state index contributed by atoms with van der Waals surface area (Å²) in [5, 5.41) is 2.89. The molecule has 1 aliphatic rings. The third kappa shape index (κ3) is 5.41. The number of anilines is 1. The minimum atomic E-state index is -0.576. The summed E-state index contributed by atoms with van der Waals surface area (Å²) in [6, 6.07) is 13.3. The minimum Gasteiger partial charge on any atom is -0.328 e. The summed E-state index contributed by atoms with van der Waals surface area (Å²) in [5.74, 6) is -0.207. The highest BCUT2D eigenvalue weighted by atomic mass is 19.1. The predicted molar refractivity (Wildman–Crippen MR) is 133 cm³/mol. The van der Waals surface area contributed by atoms with Crippen LogP contribution in [0.1, 0.15) is 31.2 Å². The Hall–Kier alpha value is -3.98. The second kappa shape index (κ2) is 10.1. The fourth-order valence-electron chi connectivity index (χ4n) is 4.28. The smallest absolute Gasteiger partial charge is 0.249 e. The number of rotatable bonds is 6. The summed E-state index contributed by atoms with van der Waals surface area (Å²) in [6.07, 6.45) is 10.4. The number of hydrogen-bond acceptors (Lipinski definition) is 6. The second-order valence-corrected chi connectivity index (χ2v) is 8.82. The van der Waals surface area contributed by atoms with E-state index in [4.69, 9.17) is 5.73 Å². The molecular formula is C26H26FN7O. The number of benzene rings is 1. The molecule has 0 bridgehead atoms. The monoisotopic (exact) mass is 471 g/mol. The molecule has 35 heavy (non-hydrogen) atoms. The van der Waals surface area contributed by atoms with Gasteiger partial charge in [0.25, 0.3) is 0 Å². The first-order chi connectivity index (χ1) is 17.0. The van der Waals surface area contributed by atoms with E-state index in [1.165, 1.54) is 0 Å². The van der Waals surface area contributed by atoms with Crippen LogP contribution >= 0.6 is 0 Å². The standard InChI is InChI=1S/C26H26FN7O/c27-21-14-31-26(30-13-18-6-8-19(28)9-7-18)33-25(21)22-15-29-23-11-10-20(16-34(22)23)32-24(35)12-17-4-2-1-3-5-17/h1-5,10-11,13-16,18-19H,6-9,12,28H2,(H,32,35). The van der Waals surface area contributed by atoms with Crippen molar-refractivity contribution in [1.82, 2.24) is 19.4 Å². The molecular weight excluding hydrogens is 445 g/mol. The lowest BCUT2D eigenvalue weighted by molar-refractivity contribution is -0.115. The number of pyridine rings is 1. The third-order valence-corrected chi connectivity index (χ3v) is 6.19. The number of fused-ring (bicyclic) bond motifs is 1. The fraction of sp³-hybridized carbons (Fsp3) is 0.269. The zero-order valence-electron chi connectivity index (χ0n) is 19.1. The Bertz CT molecular complexity index is 1360. The SMILES string of the molecule is NC1CCC(C=Nc2ncc(F)c(-c3cnc4ccc(NC(=O)Cc5ccccc5)cn34)n2)CC1. The molecule has 0 aliphatic heterocycles. The first-order valence-corrected chi connectivity index (χ1v) is 11.7. The Balaban J connectivity index is 1.37. The van der Waals surface area contributed by atoms with Crippen molar-refractivity contribution in [3.8, 4) is 11.4 Å². The number of halogens is 1. The fourth-order valence-corrected chi connectivity index (χ4v) is 4.28. The molecule has 9 heteroatoms. The van der Waals surface area contributed by atoms with Crippen molar-refractivity contribution in [3.05, 3.63) is 72.4 Å². The van der Waals surface area contributed by atoms with E-state index in [1.54, 1.807) is 28.9 Å². The number of imidazole rings is 1. The quantitative estimate of drug-likeness (QED) is 0.407. The lowest BCUT2D eigenvalue weighted by Gasteiger charge is -2.22. The van der Waals surface area contributed by atoms with Crippen LogP contribution in [0.15, 0.2) is 66.0 Å². The lowest BCUT2D eigenvalue weighted by atomic mass is 9.87. The Morgan fingerprint density at radius 2 is 1.91 bits per heavy atom. The van der Waals surface area contributed by atoms with Crippen LogP contribution in [0.2, 0.25) is 0 Å². The van der Waals surface area contributed by atoms with E-state index < -0.39 is 5.82 Å². The van der Waals surface area contributed by atoms with Crippen molar-refractivity contribution >= 4 is 29.4 Å². The third-order valence-electron chi connectivity index (χ3n) is 6.19. The maximum atomic E-state index is 14.8. The molecule has 3 N–H and O–H groups in total. The first kappa shape index (κ1) is 22.8. The predicted octanol–water partition coefficient (Wildman–Crippen LogP) is 4.33. The number of nitrogens with zero attached hydrogens (tertiary/aromatic N) is 5. The molecule has 1 aliphatic carbocycles. The Kier molecular flexibility index (Phi) is 6.58. The molecule has 0 unspecified atom stereocenters. The van der Waals surface area contributed by atoms with Gasteiger partial charge in [-0.05, 0) is 49.3 Å². The van der Waals surface area contributed by atoms with Gasteiger partial charge in [-0.3, -0.25) is 9.20 Å². The molecule has 4 aromatic rings. The van der Waals surface area contributed by atoms with Crippen molar-refractivity contribution in [2.75, 3.05) is 5.32 Å². The summed E-state index contributed by atoms with van der Waals surface area (Å²) in [7, 11) is 0. The average Bonchev–Trinajstić information content (AvgIpc) is 3.28. The molecule has 1 fully saturated rings. The van der Waals surface area contributed by atoms with E-state index in [0.717, 1.165) is 37.4 Å². The molecule has 0 radical (unpaired) electrons. The maximum absolute atomic E-state index is 14.8. The Morgan fingerprint density at radius 3 is 2.71 bits per heavy atom. The maximum Gasteiger partial charge on any atom is 0.249 e. The largest absolute Gasteiger partial charge is 0.328 e. The molecule has 178 valence electrons. The lowest BCUT2D eigenvalue weighted by Crippen LogP contribution is -2.26. The summed E-state index contributed by atoms with van der Waals surface area (Å²) < 4.78 is 16.4. The van der Waals surface area contributed by atoms with Crippen LogP contribution in [0.5, 0.6) is 0 Å². The molecule has 1 saturated carbocycles. The van der Waals surface area contributed by atoms with E-state index in [9.17, 15) is 9.18 Å². The van der Waals surface area contributed by atoms with E-state index in [1.807, 2.05) is 36.5 Å². The van der Waals surface area contributed by atoms with Gasteiger partial charge in [-0.2, -0.15) is 0 Å². The van der Waals surface area contributed by atoms with Gasteiger partial charge < -0.3 is 11.1 Å². The topological polar surface area (TPSA) is 111 Å². The van der Waals surface area contributed by atoms with Crippen LogP contribution in [0.3, 0.4) is 0 Å². The van der Waals surface area contributed by atoms with Gasteiger partial charge in [-0.25, -0.2) is 24.3 Å². The van der Waals surface area contributed by atoms with Gasteiger partial charge in [-0.15, -0.1) is 0 Å². The summed E-state index contributed by atoms with van der Waals surface area (Å²) >= 11 is 0. The Labute approximate surface area is 202 Å². The molecule has 8 nitrogen and oxygen atoms in total. The van der Waals surface area contributed by atoms with Gasteiger partial charge in [0.1, 0.15) is 11.3 Å². The zero-order valence-corrected chi connectivity index (χ0v) is 19.1. The van der Waals surface area contributed by atoms with E-state index in [0.29, 0.717) is 22.9 Å². The van der Waals surface area contributed by atoms with Crippen LogP contribution in [-0.4, -0.2) is 37.5 Å². The van der Waals surface area contributed by atoms with Crippen LogP contribution < -0.4 is 11.1 Å². The van der Waals surface area contributed by atoms with Crippen LogP contribution in [0, 0.1) is 11.7 Å². The summed E-state index contributed by atoms with van der Waals surface area (Å²) in [5.41, 5.74) is 8.60. The number of nitrogens with two attached hydrogens (primary N) is 1. The number of nitrogens with one attached hydrogen (secondary N) is 1. The van der Waals surface area contributed by atoms with E-state index in [-0.39, 0.29) is 30.0 Å². The number of carbonyl (C=O) groups is 1. The van der Waals surface area contributed by atoms with Crippen molar-refractivity contribution in [3.63, 3.8) is 0 Å². The molecule has 3 heterocycles. The van der Waals surface area contributed by atoms with E-state index >= 15 is 0 Å². The van der Waals surface area contributed by atoms with Crippen molar-refractivity contribution in [1.29, 1.82) is 0 Å². The van der Waals surface area contributed by atoms with Crippen LogP contribution in [-0.2, 0) is 11.2 Å². The van der Waals surface area contributed by atoms with Gasteiger partial charge in [0.2, 0.25) is 11.9 Å². The van der Waals surface area contributed by atoms with Gasteiger partial charge in [-0.1, -0.05) is 30.3 Å². The average molecular weight is 472 g/mol. The highest BCUT2D eigenvalue weighted by Gasteiger charge is 2.18. The van der Waals surface area contributed by atoms with Crippen molar-refractivity contribution in [2.45, 2.75) is 38.1 Å². The summed E-state index contributed by atoms with van der Waals surface area (Å²) in [6.45, 7) is 0. The Morgan fingerprint density at radius 1 is 1.11 bits per heavy atom. The molecule has 1 amide bonds. The second-order valence-electron chi connectivity index (χ2n) is 8.82. The number of carbonyl (C=O) groups excluding carboxylic acids is 1.